The molecule has 2 atom stereocenters. The zero-order valence-electron chi connectivity index (χ0n) is 13.0. The molecule has 2 aromatic carbocycles. The van der Waals surface area contributed by atoms with Crippen LogP contribution in [0.5, 0.6) is 5.75 Å². The van der Waals surface area contributed by atoms with E-state index >= 15 is 0 Å². The van der Waals surface area contributed by atoms with E-state index in [9.17, 15) is 9.59 Å². The Morgan fingerprint density at radius 3 is 2.43 bits per heavy atom. The Hall–Kier alpha value is -2.82. The number of fused-ring (bicyclic) bond motifs is 1. The summed E-state index contributed by atoms with van der Waals surface area (Å²) in [6.07, 6.45) is 0.0498. The minimum Gasteiger partial charge on any atom is -0.489 e. The van der Waals surface area contributed by atoms with Crippen LogP contribution in [0.4, 0.5) is 5.69 Å². The van der Waals surface area contributed by atoms with Gasteiger partial charge in [0.05, 0.1) is 5.56 Å². The molecule has 3 rings (SSSR count). The van der Waals surface area contributed by atoms with E-state index in [0.29, 0.717) is 22.6 Å². The molecule has 0 aromatic heterocycles. The molecule has 5 nitrogen and oxygen atoms in total. The predicted molar refractivity (Wildman–Crippen MR) is 87.9 cm³/mol. The molecular formula is C18H18N2O3. The second kappa shape index (κ2) is 5.76. The van der Waals surface area contributed by atoms with Crippen molar-refractivity contribution in [2.24, 2.45) is 5.73 Å². The van der Waals surface area contributed by atoms with Gasteiger partial charge in [-0.25, -0.2) is 0 Å². The Morgan fingerprint density at radius 1 is 1.09 bits per heavy atom. The molecule has 1 heterocycles. The number of amides is 2. The molecular weight excluding hydrogens is 292 g/mol. The van der Waals surface area contributed by atoms with Crippen LogP contribution in [0, 0.1) is 0 Å². The molecule has 118 valence electrons. The van der Waals surface area contributed by atoms with Crippen molar-refractivity contribution in [1.82, 2.24) is 0 Å². The van der Waals surface area contributed by atoms with Crippen molar-refractivity contribution in [1.29, 1.82) is 0 Å². The van der Waals surface area contributed by atoms with Crippen LogP contribution in [0.15, 0.2) is 42.5 Å². The number of anilines is 1. The molecule has 5 heteroatoms. The van der Waals surface area contributed by atoms with Gasteiger partial charge in [0, 0.05) is 22.7 Å². The lowest BCUT2D eigenvalue weighted by Gasteiger charge is -2.10. The number of carbonyl (C=O) groups excluding carboxylic acids is 2. The fourth-order valence-electron chi connectivity index (χ4n) is 2.68. The third kappa shape index (κ3) is 2.77. The lowest BCUT2D eigenvalue weighted by molar-refractivity contribution is 0.0997. The number of carbonyl (C=O) groups is 2. The van der Waals surface area contributed by atoms with E-state index in [2.05, 4.69) is 12.2 Å². The summed E-state index contributed by atoms with van der Waals surface area (Å²) in [7, 11) is 0. The summed E-state index contributed by atoms with van der Waals surface area (Å²) in [6, 6.07) is 12.0. The number of benzene rings is 2. The molecule has 23 heavy (non-hydrogen) atoms. The van der Waals surface area contributed by atoms with Gasteiger partial charge in [-0.3, -0.25) is 9.59 Å². The van der Waals surface area contributed by atoms with Crippen LogP contribution in [0.3, 0.4) is 0 Å². The highest BCUT2D eigenvalue weighted by Gasteiger charge is 2.31. The average Bonchev–Trinajstić information content (AvgIpc) is 2.83. The van der Waals surface area contributed by atoms with Gasteiger partial charge >= 0.3 is 0 Å². The topological polar surface area (TPSA) is 81.4 Å². The van der Waals surface area contributed by atoms with Crippen molar-refractivity contribution < 1.29 is 14.3 Å². The molecule has 0 spiro atoms. The summed E-state index contributed by atoms with van der Waals surface area (Å²) in [6.45, 7) is 4.08. The van der Waals surface area contributed by atoms with Crippen molar-refractivity contribution in [2.45, 2.75) is 25.9 Å². The van der Waals surface area contributed by atoms with E-state index < -0.39 is 5.91 Å². The second-order valence-electron chi connectivity index (χ2n) is 5.73. The van der Waals surface area contributed by atoms with Crippen LogP contribution in [0.1, 0.15) is 46.0 Å². The van der Waals surface area contributed by atoms with Gasteiger partial charge in [-0.1, -0.05) is 19.1 Å². The largest absolute Gasteiger partial charge is 0.489 e. The molecule has 0 saturated carbocycles. The predicted octanol–water partition coefficient (Wildman–Crippen LogP) is 2.92. The number of hydrogen-bond acceptors (Lipinski definition) is 3. The first-order valence-electron chi connectivity index (χ1n) is 7.48. The third-order valence-corrected chi connectivity index (χ3v) is 4.22. The maximum Gasteiger partial charge on any atom is 0.259 e. The van der Waals surface area contributed by atoms with Crippen molar-refractivity contribution >= 4 is 17.5 Å². The van der Waals surface area contributed by atoms with Crippen molar-refractivity contribution in [3.8, 4) is 5.75 Å². The van der Waals surface area contributed by atoms with E-state index in [1.54, 1.807) is 30.3 Å². The second-order valence-corrected chi connectivity index (χ2v) is 5.73. The fraction of sp³-hybridized carbons (Fsp3) is 0.222. The average molecular weight is 310 g/mol. The van der Waals surface area contributed by atoms with Gasteiger partial charge in [0.25, 0.3) is 5.91 Å². The molecule has 0 saturated heterocycles. The van der Waals surface area contributed by atoms with Gasteiger partial charge in [-0.2, -0.15) is 0 Å². The maximum atomic E-state index is 12.5. The summed E-state index contributed by atoms with van der Waals surface area (Å²) < 4.78 is 5.84. The molecule has 0 fully saturated rings. The molecule has 2 amide bonds. The van der Waals surface area contributed by atoms with E-state index in [1.165, 1.54) is 0 Å². The smallest absolute Gasteiger partial charge is 0.259 e. The summed E-state index contributed by atoms with van der Waals surface area (Å²) in [5.41, 5.74) is 7.75. The van der Waals surface area contributed by atoms with Crippen LogP contribution in [0.25, 0.3) is 0 Å². The highest BCUT2D eigenvalue weighted by Crippen LogP contribution is 2.40. The number of para-hydroxylation sites is 1. The Balaban J connectivity index is 1.84. The fourth-order valence-corrected chi connectivity index (χ4v) is 2.68. The summed E-state index contributed by atoms with van der Waals surface area (Å²) in [5, 5.41) is 2.81. The number of nitrogens with one attached hydrogen (secondary N) is 1. The minimum absolute atomic E-state index is 0.0498. The highest BCUT2D eigenvalue weighted by molar-refractivity contribution is 6.06. The molecule has 0 radical (unpaired) electrons. The molecule has 0 unspecified atom stereocenters. The van der Waals surface area contributed by atoms with Crippen molar-refractivity contribution in [2.75, 3.05) is 5.32 Å². The zero-order valence-corrected chi connectivity index (χ0v) is 13.0. The zero-order chi connectivity index (χ0) is 16.6. The molecule has 1 aliphatic heterocycles. The van der Waals surface area contributed by atoms with Crippen LogP contribution in [0.2, 0.25) is 0 Å². The molecule has 1 aliphatic rings. The summed E-state index contributed by atoms with van der Waals surface area (Å²) in [5.74, 6) is 0.168. The van der Waals surface area contributed by atoms with Crippen LogP contribution in [-0.4, -0.2) is 17.9 Å². The van der Waals surface area contributed by atoms with Gasteiger partial charge in [-0.15, -0.1) is 0 Å². The first-order chi connectivity index (χ1) is 11.0. The maximum absolute atomic E-state index is 12.5. The van der Waals surface area contributed by atoms with Gasteiger partial charge in [-0.05, 0) is 37.3 Å². The lowest BCUT2D eigenvalue weighted by atomic mass is 9.97. The molecule has 0 bridgehead atoms. The lowest BCUT2D eigenvalue weighted by Crippen LogP contribution is -2.15. The SMILES string of the molecule is C[C@@H]1Oc2c(C(=O)Nc3ccc(C(N)=O)cc3)cccc2[C@H]1C. The first-order valence-corrected chi connectivity index (χ1v) is 7.48. The Bertz CT molecular complexity index is 768. The van der Waals surface area contributed by atoms with Gasteiger partial charge in [0.15, 0.2) is 0 Å². The Labute approximate surface area is 134 Å². The first kappa shape index (κ1) is 15.1. The van der Waals surface area contributed by atoms with Crippen LogP contribution in [-0.2, 0) is 0 Å². The number of hydrogen-bond donors (Lipinski definition) is 2. The van der Waals surface area contributed by atoms with Crippen LogP contribution >= 0.6 is 0 Å². The standard InChI is InChI=1S/C18H18N2O3/c1-10-11(2)23-16-14(10)4-3-5-15(16)18(22)20-13-8-6-12(7-9-13)17(19)21/h3-11H,1-2H3,(H2,19,21)(H,20,22)/t10-,11-/m0/s1. The number of nitrogens with two attached hydrogens (primary N) is 1. The van der Waals surface area contributed by atoms with Gasteiger partial charge in [0.1, 0.15) is 11.9 Å². The van der Waals surface area contributed by atoms with Crippen molar-refractivity contribution in [3.05, 3.63) is 59.2 Å². The summed E-state index contributed by atoms with van der Waals surface area (Å²) in [4.78, 5) is 23.6. The quantitative estimate of drug-likeness (QED) is 0.914. The van der Waals surface area contributed by atoms with E-state index in [0.717, 1.165) is 5.56 Å². The Morgan fingerprint density at radius 2 is 1.78 bits per heavy atom. The normalized spacial score (nSPS) is 18.9. The Kier molecular flexibility index (Phi) is 3.78. The van der Waals surface area contributed by atoms with Crippen molar-refractivity contribution in [3.63, 3.8) is 0 Å². The minimum atomic E-state index is -0.500. The molecule has 3 N–H and O–H groups in total. The number of rotatable bonds is 3. The van der Waals surface area contributed by atoms with Gasteiger partial charge < -0.3 is 15.8 Å². The van der Waals surface area contributed by atoms with Crippen LogP contribution < -0.4 is 15.8 Å². The highest BCUT2D eigenvalue weighted by atomic mass is 16.5. The monoisotopic (exact) mass is 310 g/mol. The third-order valence-electron chi connectivity index (χ3n) is 4.22. The molecule has 2 aromatic rings. The number of primary amides is 1. The van der Waals surface area contributed by atoms with E-state index in [-0.39, 0.29) is 17.9 Å². The van der Waals surface area contributed by atoms with E-state index in [4.69, 9.17) is 10.5 Å². The van der Waals surface area contributed by atoms with E-state index in [1.807, 2.05) is 19.1 Å². The summed E-state index contributed by atoms with van der Waals surface area (Å²) >= 11 is 0. The number of ether oxygens (including phenoxy) is 1. The molecule has 0 aliphatic carbocycles. The van der Waals surface area contributed by atoms with Gasteiger partial charge in [0.2, 0.25) is 5.91 Å².